The molecule has 1 aromatic rings. The average molecular weight is 283 g/mol. The molecule has 1 aromatic heterocycles. The lowest BCUT2D eigenvalue weighted by atomic mass is 10.1. The van der Waals surface area contributed by atoms with E-state index in [0.717, 1.165) is 0 Å². The van der Waals surface area contributed by atoms with Gasteiger partial charge in [-0.25, -0.2) is 4.98 Å². The minimum absolute atomic E-state index is 0.0184. The molecule has 1 aliphatic rings. The predicted octanol–water partition coefficient (Wildman–Crippen LogP) is 0.785. The van der Waals surface area contributed by atoms with Crippen LogP contribution in [-0.2, 0) is 4.79 Å². The van der Waals surface area contributed by atoms with Gasteiger partial charge in [-0.15, -0.1) is 0 Å². The molecule has 2 amide bonds. The molecular weight excluding hydrogens is 268 g/mol. The van der Waals surface area contributed by atoms with Crippen LogP contribution in [-0.4, -0.2) is 36.4 Å². The Labute approximate surface area is 115 Å². The molecule has 6 nitrogen and oxygen atoms in total. The summed E-state index contributed by atoms with van der Waals surface area (Å²) in [6, 6.07) is 1.53. The summed E-state index contributed by atoms with van der Waals surface area (Å²) >= 11 is 5.97. The van der Waals surface area contributed by atoms with Crippen LogP contribution in [0.15, 0.2) is 12.3 Å². The predicted molar refractivity (Wildman–Crippen MR) is 72.3 cm³/mol. The van der Waals surface area contributed by atoms with Crippen LogP contribution in [0.4, 0.5) is 5.82 Å². The summed E-state index contributed by atoms with van der Waals surface area (Å²) in [7, 11) is 1.72. The maximum Gasteiger partial charge on any atom is 0.253 e. The van der Waals surface area contributed by atoms with Crippen molar-refractivity contribution in [1.82, 2.24) is 15.6 Å². The highest BCUT2D eigenvalue weighted by molar-refractivity contribution is 6.33. The van der Waals surface area contributed by atoms with Crippen molar-refractivity contribution < 1.29 is 9.59 Å². The van der Waals surface area contributed by atoms with Crippen molar-refractivity contribution in [3.63, 3.8) is 0 Å². The Morgan fingerprint density at radius 3 is 3.00 bits per heavy atom. The number of piperidine rings is 1. The first-order chi connectivity index (χ1) is 9.10. The number of hydrogen-bond acceptors (Lipinski definition) is 4. The first-order valence-electron chi connectivity index (χ1n) is 6.01. The summed E-state index contributed by atoms with van der Waals surface area (Å²) in [6.07, 6.45) is 2.50. The van der Waals surface area contributed by atoms with Gasteiger partial charge in [-0.2, -0.15) is 0 Å². The number of pyridine rings is 1. The second-order valence-electron chi connectivity index (χ2n) is 4.31. The lowest BCUT2D eigenvalue weighted by Gasteiger charge is -2.23. The molecule has 1 saturated heterocycles. The van der Waals surface area contributed by atoms with Gasteiger partial charge in [0.2, 0.25) is 5.91 Å². The van der Waals surface area contributed by atoms with Gasteiger partial charge < -0.3 is 16.0 Å². The van der Waals surface area contributed by atoms with Crippen LogP contribution in [0.25, 0.3) is 0 Å². The van der Waals surface area contributed by atoms with Gasteiger partial charge in [0, 0.05) is 32.3 Å². The second kappa shape index (κ2) is 5.88. The summed E-state index contributed by atoms with van der Waals surface area (Å²) in [5.74, 6) is 0.335. The molecule has 0 saturated carbocycles. The number of carbonyl (C=O) groups excluding carboxylic acids is 2. The van der Waals surface area contributed by atoms with E-state index in [9.17, 15) is 9.59 Å². The number of nitrogens with zero attached hydrogens (tertiary/aromatic N) is 1. The quantitative estimate of drug-likeness (QED) is 0.765. The maximum atomic E-state index is 12.1. The van der Waals surface area contributed by atoms with Crippen molar-refractivity contribution in [2.75, 3.05) is 18.9 Å². The molecule has 0 spiro atoms. The third-order valence-corrected chi connectivity index (χ3v) is 3.26. The van der Waals surface area contributed by atoms with E-state index in [1.165, 1.54) is 6.20 Å². The third kappa shape index (κ3) is 3.35. The van der Waals surface area contributed by atoms with Crippen LogP contribution in [0.3, 0.4) is 0 Å². The Kier molecular flexibility index (Phi) is 4.21. The SMILES string of the molecule is CNc1cc(C(=O)NC2CCC(=O)NC2)c(Cl)cn1. The summed E-state index contributed by atoms with van der Waals surface area (Å²) < 4.78 is 0. The van der Waals surface area contributed by atoms with E-state index < -0.39 is 0 Å². The molecule has 0 aromatic carbocycles. The molecule has 0 radical (unpaired) electrons. The monoisotopic (exact) mass is 282 g/mol. The fraction of sp³-hybridized carbons (Fsp3) is 0.417. The summed E-state index contributed by atoms with van der Waals surface area (Å²) in [4.78, 5) is 27.2. The van der Waals surface area contributed by atoms with Gasteiger partial charge in [-0.1, -0.05) is 11.6 Å². The van der Waals surface area contributed by atoms with Gasteiger partial charge in [-0.05, 0) is 12.5 Å². The van der Waals surface area contributed by atoms with Gasteiger partial charge in [0.25, 0.3) is 5.91 Å². The highest BCUT2D eigenvalue weighted by Crippen LogP contribution is 2.18. The number of amides is 2. The van der Waals surface area contributed by atoms with Crippen molar-refractivity contribution in [2.24, 2.45) is 0 Å². The highest BCUT2D eigenvalue weighted by atomic mass is 35.5. The molecule has 3 N–H and O–H groups in total. The van der Waals surface area contributed by atoms with E-state index in [4.69, 9.17) is 11.6 Å². The standard InChI is InChI=1S/C12H15ClN4O2/c1-14-10-4-8(9(13)6-15-10)12(19)17-7-2-3-11(18)16-5-7/h4,6-7H,2-3,5H2,1H3,(H,14,15)(H,16,18)(H,17,19). The third-order valence-electron chi connectivity index (χ3n) is 2.96. The van der Waals surface area contributed by atoms with Crippen molar-refractivity contribution in [1.29, 1.82) is 0 Å². The molecule has 2 rings (SSSR count). The van der Waals surface area contributed by atoms with Crippen LogP contribution in [0, 0.1) is 0 Å². The molecular formula is C12H15ClN4O2. The Hall–Kier alpha value is -1.82. The number of nitrogens with one attached hydrogen (secondary N) is 3. The zero-order valence-corrected chi connectivity index (χ0v) is 11.3. The van der Waals surface area contributed by atoms with E-state index in [0.29, 0.717) is 35.8 Å². The lowest BCUT2D eigenvalue weighted by Crippen LogP contribution is -2.47. The smallest absolute Gasteiger partial charge is 0.253 e. The van der Waals surface area contributed by atoms with Crippen LogP contribution < -0.4 is 16.0 Å². The largest absolute Gasteiger partial charge is 0.373 e. The van der Waals surface area contributed by atoms with Crippen LogP contribution in [0.5, 0.6) is 0 Å². The second-order valence-corrected chi connectivity index (χ2v) is 4.72. The number of rotatable bonds is 3. The van der Waals surface area contributed by atoms with E-state index in [-0.39, 0.29) is 17.9 Å². The zero-order valence-electron chi connectivity index (χ0n) is 10.5. The first-order valence-corrected chi connectivity index (χ1v) is 6.39. The molecule has 19 heavy (non-hydrogen) atoms. The summed E-state index contributed by atoms with van der Waals surface area (Å²) in [6.45, 7) is 0.451. The molecule has 1 unspecified atom stereocenters. The molecule has 0 aliphatic carbocycles. The molecule has 1 atom stereocenters. The number of anilines is 1. The van der Waals surface area contributed by atoms with Gasteiger partial charge in [0.1, 0.15) is 5.82 Å². The number of carbonyl (C=O) groups is 2. The van der Waals surface area contributed by atoms with Crippen LogP contribution in [0.2, 0.25) is 5.02 Å². The van der Waals surface area contributed by atoms with E-state index in [2.05, 4.69) is 20.9 Å². The molecule has 102 valence electrons. The summed E-state index contributed by atoms with van der Waals surface area (Å²) in [5.41, 5.74) is 0.373. The van der Waals surface area contributed by atoms with Gasteiger partial charge >= 0.3 is 0 Å². The van der Waals surface area contributed by atoms with Crippen molar-refractivity contribution in [3.05, 3.63) is 22.8 Å². The van der Waals surface area contributed by atoms with Crippen molar-refractivity contribution >= 4 is 29.2 Å². The molecule has 0 bridgehead atoms. The van der Waals surface area contributed by atoms with Gasteiger partial charge in [-0.3, -0.25) is 9.59 Å². The normalized spacial score (nSPS) is 18.6. The van der Waals surface area contributed by atoms with E-state index in [1.807, 2.05) is 0 Å². The molecule has 2 heterocycles. The molecule has 7 heteroatoms. The molecule has 1 aliphatic heterocycles. The van der Waals surface area contributed by atoms with Crippen LogP contribution in [0.1, 0.15) is 23.2 Å². The first kappa shape index (κ1) is 13.6. The minimum atomic E-state index is -0.259. The Morgan fingerprint density at radius 2 is 2.37 bits per heavy atom. The number of halogens is 1. The molecule has 1 fully saturated rings. The van der Waals surface area contributed by atoms with Crippen molar-refractivity contribution in [2.45, 2.75) is 18.9 Å². The average Bonchev–Trinajstić information content (AvgIpc) is 2.42. The highest BCUT2D eigenvalue weighted by Gasteiger charge is 2.21. The topological polar surface area (TPSA) is 83.1 Å². The van der Waals surface area contributed by atoms with E-state index in [1.54, 1.807) is 13.1 Å². The zero-order chi connectivity index (χ0) is 13.8. The van der Waals surface area contributed by atoms with Gasteiger partial charge in [0.15, 0.2) is 0 Å². The Bertz CT molecular complexity index is 497. The summed E-state index contributed by atoms with van der Waals surface area (Å²) in [5, 5.41) is 8.72. The number of aromatic nitrogens is 1. The van der Waals surface area contributed by atoms with Gasteiger partial charge in [0.05, 0.1) is 10.6 Å². The fourth-order valence-electron chi connectivity index (χ4n) is 1.87. The fourth-order valence-corrected chi connectivity index (χ4v) is 2.06. The lowest BCUT2D eigenvalue weighted by molar-refractivity contribution is -0.122. The minimum Gasteiger partial charge on any atom is -0.373 e. The Morgan fingerprint density at radius 1 is 1.58 bits per heavy atom. The Balaban J connectivity index is 2.05. The van der Waals surface area contributed by atoms with Crippen LogP contribution >= 0.6 is 11.6 Å². The number of hydrogen-bond donors (Lipinski definition) is 3. The maximum absolute atomic E-state index is 12.1. The van der Waals surface area contributed by atoms with E-state index >= 15 is 0 Å². The van der Waals surface area contributed by atoms with Crippen molar-refractivity contribution in [3.8, 4) is 0 Å².